The fourth-order valence-corrected chi connectivity index (χ4v) is 3.60. The Bertz CT molecular complexity index is 706. The molecule has 144 valence electrons. The van der Waals surface area contributed by atoms with Gasteiger partial charge in [0.1, 0.15) is 0 Å². The number of likely N-dealkylation sites (N-methyl/N-ethyl adjacent to an activating group) is 1. The van der Waals surface area contributed by atoms with E-state index in [-0.39, 0.29) is 11.8 Å². The molecule has 1 aliphatic heterocycles. The molecule has 0 spiro atoms. The Morgan fingerprint density at radius 3 is 2.22 bits per heavy atom. The molecule has 1 atom stereocenters. The third-order valence-corrected chi connectivity index (χ3v) is 5.42. The summed E-state index contributed by atoms with van der Waals surface area (Å²) >= 11 is 0. The average Bonchev–Trinajstić information content (AvgIpc) is 2.70. The van der Waals surface area contributed by atoms with E-state index in [1.165, 1.54) is 5.56 Å². The third-order valence-electron chi connectivity index (χ3n) is 5.42. The number of carbonyl (C=O) groups excluding carboxylic acids is 1. The molecular formula is C23H31N3O. The van der Waals surface area contributed by atoms with Crippen molar-refractivity contribution in [2.24, 2.45) is 0 Å². The zero-order chi connectivity index (χ0) is 19.1. The minimum atomic E-state index is -0.0808. The van der Waals surface area contributed by atoms with Crippen LogP contribution in [0.4, 0.5) is 0 Å². The number of piperazine rings is 1. The van der Waals surface area contributed by atoms with E-state index >= 15 is 0 Å². The molecule has 0 radical (unpaired) electrons. The zero-order valence-electron chi connectivity index (χ0n) is 16.5. The van der Waals surface area contributed by atoms with E-state index in [1.54, 1.807) is 0 Å². The molecule has 3 rings (SSSR count). The molecule has 1 heterocycles. The molecule has 0 unspecified atom stereocenters. The first-order valence-corrected chi connectivity index (χ1v) is 9.97. The summed E-state index contributed by atoms with van der Waals surface area (Å²) in [6, 6.07) is 18.7. The van der Waals surface area contributed by atoms with Gasteiger partial charge in [-0.2, -0.15) is 0 Å². The summed E-state index contributed by atoms with van der Waals surface area (Å²) in [5.41, 5.74) is 3.57. The van der Waals surface area contributed by atoms with Crippen LogP contribution >= 0.6 is 0 Å². The number of hydrogen-bond acceptors (Lipinski definition) is 3. The molecule has 1 amide bonds. The quantitative estimate of drug-likeness (QED) is 0.818. The van der Waals surface area contributed by atoms with Crippen molar-refractivity contribution in [3.8, 4) is 0 Å². The summed E-state index contributed by atoms with van der Waals surface area (Å²) in [6.45, 7) is 8.19. The number of nitrogens with zero attached hydrogens (tertiary/aromatic N) is 2. The number of nitrogens with one attached hydrogen (secondary N) is 1. The van der Waals surface area contributed by atoms with Crippen molar-refractivity contribution in [3.63, 3.8) is 0 Å². The average molecular weight is 366 g/mol. The summed E-state index contributed by atoms with van der Waals surface area (Å²) in [4.78, 5) is 17.5. The largest absolute Gasteiger partial charge is 0.351 e. The highest BCUT2D eigenvalue weighted by molar-refractivity contribution is 5.83. The SMILES string of the molecule is CC[C@H](C(=O)NCc1ccc(CN2CCN(C)CC2)cc1)c1ccccc1. The van der Waals surface area contributed by atoms with E-state index in [4.69, 9.17) is 0 Å². The van der Waals surface area contributed by atoms with Gasteiger partial charge in [-0.15, -0.1) is 0 Å². The summed E-state index contributed by atoms with van der Waals surface area (Å²) in [7, 11) is 2.18. The van der Waals surface area contributed by atoms with Gasteiger partial charge in [0.15, 0.2) is 0 Å². The van der Waals surface area contributed by atoms with Crippen LogP contribution in [-0.4, -0.2) is 48.9 Å². The fraction of sp³-hybridized carbons (Fsp3) is 0.435. The Labute approximate surface area is 163 Å². The van der Waals surface area contributed by atoms with Gasteiger partial charge in [0.2, 0.25) is 5.91 Å². The first-order chi connectivity index (χ1) is 13.2. The lowest BCUT2D eigenvalue weighted by Gasteiger charge is -2.32. The molecule has 2 aromatic carbocycles. The van der Waals surface area contributed by atoms with Crippen LogP contribution in [0.5, 0.6) is 0 Å². The van der Waals surface area contributed by atoms with Gasteiger partial charge < -0.3 is 10.2 Å². The summed E-state index contributed by atoms with van der Waals surface area (Å²) < 4.78 is 0. The molecule has 0 saturated carbocycles. The third kappa shape index (κ3) is 5.65. The van der Waals surface area contributed by atoms with Crippen molar-refractivity contribution in [1.82, 2.24) is 15.1 Å². The van der Waals surface area contributed by atoms with E-state index in [1.807, 2.05) is 30.3 Å². The molecule has 4 heteroatoms. The maximum absolute atomic E-state index is 12.6. The lowest BCUT2D eigenvalue weighted by atomic mass is 9.95. The minimum Gasteiger partial charge on any atom is -0.351 e. The van der Waals surface area contributed by atoms with Crippen molar-refractivity contribution in [3.05, 3.63) is 71.3 Å². The molecule has 1 N–H and O–H groups in total. The van der Waals surface area contributed by atoms with Gasteiger partial charge in [-0.05, 0) is 30.2 Å². The number of amides is 1. The second kappa shape index (κ2) is 9.67. The number of carbonyl (C=O) groups is 1. The van der Waals surface area contributed by atoms with Crippen molar-refractivity contribution < 1.29 is 4.79 Å². The second-order valence-corrected chi connectivity index (χ2v) is 7.49. The lowest BCUT2D eigenvalue weighted by Crippen LogP contribution is -2.43. The van der Waals surface area contributed by atoms with Crippen LogP contribution < -0.4 is 5.32 Å². The second-order valence-electron chi connectivity index (χ2n) is 7.49. The summed E-state index contributed by atoms with van der Waals surface area (Å²) in [6.07, 6.45) is 0.805. The highest BCUT2D eigenvalue weighted by Gasteiger charge is 2.18. The number of hydrogen-bond donors (Lipinski definition) is 1. The van der Waals surface area contributed by atoms with Gasteiger partial charge in [-0.3, -0.25) is 9.69 Å². The smallest absolute Gasteiger partial charge is 0.227 e. The molecule has 2 aromatic rings. The van der Waals surface area contributed by atoms with Crippen LogP contribution in [-0.2, 0) is 17.9 Å². The Kier molecular flexibility index (Phi) is 7.02. The molecule has 27 heavy (non-hydrogen) atoms. The highest BCUT2D eigenvalue weighted by atomic mass is 16.1. The standard InChI is InChI=1S/C23H31N3O/c1-3-22(21-7-5-4-6-8-21)23(27)24-17-19-9-11-20(12-10-19)18-26-15-13-25(2)14-16-26/h4-12,22H,3,13-18H2,1-2H3,(H,24,27)/t22-/m0/s1. The van der Waals surface area contributed by atoms with Crippen LogP contribution in [0.1, 0.15) is 36.0 Å². The van der Waals surface area contributed by atoms with E-state index in [9.17, 15) is 4.79 Å². The molecule has 0 aliphatic carbocycles. The highest BCUT2D eigenvalue weighted by Crippen LogP contribution is 2.19. The predicted molar refractivity (Wildman–Crippen MR) is 111 cm³/mol. The molecule has 1 fully saturated rings. The van der Waals surface area contributed by atoms with Crippen LogP contribution in [0.3, 0.4) is 0 Å². The van der Waals surface area contributed by atoms with Crippen molar-refractivity contribution in [2.45, 2.75) is 32.4 Å². The van der Waals surface area contributed by atoms with Crippen molar-refractivity contribution >= 4 is 5.91 Å². The van der Waals surface area contributed by atoms with Gasteiger partial charge in [-0.1, -0.05) is 61.5 Å². The fourth-order valence-electron chi connectivity index (χ4n) is 3.60. The van der Waals surface area contributed by atoms with Crippen molar-refractivity contribution in [2.75, 3.05) is 33.2 Å². The topological polar surface area (TPSA) is 35.6 Å². The molecular weight excluding hydrogens is 334 g/mol. The normalized spacial score (nSPS) is 16.8. The van der Waals surface area contributed by atoms with Gasteiger partial charge in [0.25, 0.3) is 0 Å². The van der Waals surface area contributed by atoms with E-state index in [0.717, 1.165) is 50.3 Å². The number of benzene rings is 2. The van der Waals surface area contributed by atoms with Gasteiger partial charge in [0, 0.05) is 39.3 Å². The van der Waals surface area contributed by atoms with E-state index in [0.29, 0.717) is 6.54 Å². The molecule has 4 nitrogen and oxygen atoms in total. The molecule has 0 aromatic heterocycles. The number of rotatable bonds is 7. The Balaban J connectivity index is 1.50. The Morgan fingerprint density at radius 1 is 0.963 bits per heavy atom. The van der Waals surface area contributed by atoms with E-state index in [2.05, 4.69) is 53.4 Å². The van der Waals surface area contributed by atoms with E-state index < -0.39 is 0 Å². The first-order valence-electron chi connectivity index (χ1n) is 9.97. The molecule has 1 aliphatic rings. The van der Waals surface area contributed by atoms with Crippen LogP contribution in [0.2, 0.25) is 0 Å². The maximum Gasteiger partial charge on any atom is 0.227 e. The predicted octanol–water partition coefficient (Wildman–Crippen LogP) is 3.24. The maximum atomic E-state index is 12.6. The summed E-state index contributed by atoms with van der Waals surface area (Å²) in [5.74, 6) is 0.0212. The summed E-state index contributed by atoms with van der Waals surface area (Å²) in [5, 5.41) is 3.10. The lowest BCUT2D eigenvalue weighted by molar-refractivity contribution is -0.122. The Hall–Kier alpha value is -2.17. The first kappa shape index (κ1) is 19.6. The molecule has 1 saturated heterocycles. The van der Waals surface area contributed by atoms with Crippen LogP contribution in [0.25, 0.3) is 0 Å². The monoisotopic (exact) mass is 365 g/mol. The van der Waals surface area contributed by atoms with Gasteiger partial charge >= 0.3 is 0 Å². The van der Waals surface area contributed by atoms with Crippen LogP contribution in [0, 0.1) is 0 Å². The molecule has 0 bridgehead atoms. The van der Waals surface area contributed by atoms with Crippen LogP contribution in [0.15, 0.2) is 54.6 Å². The minimum absolute atomic E-state index is 0.0808. The van der Waals surface area contributed by atoms with Gasteiger partial charge in [-0.25, -0.2) is 0 Å². The van der Waals surface area contributed by atoms with Crippen molar-refractivity contribution in [1.29, 1.82) is 0 Å². The van der Waals surface area contributed by atoms with Gasteiger partial charge in [0.05, 0.1) is 5.92 Å². The Morgan fingerprint density at radius 2 is 1.59 bits per heavy atom. The zero-order valence-corrected chi connectivity index (χ0v) is 16.5.